The molecule has 12 heteroatoms. The smallest absolute Gasteiger partial charge is 0.408 e. The lowest BCUT2D eigenvalue weighted by molar-refractivity contribution is -0.146. The fraction of sp³-hybridized carbons (Fsp3) is 0.649. The van der Waals surface area contributed by atoms with E-state index in [0.717, 1.165) is 5.56 Å². The van der Waals surface area contributed by atoms with Crippen LogP contribution in [0.3, 0.4) is 0 Å². The van der Waals surface area contributed by atoms with Crippen molar-refractivity contribution in [3.63, 3.8) is 0 Å². The van der Waals surface area contributed by atoms with Gasteiger partial charge in [0.1, 0.15) is 23.7 Å². The highest BCUT2D eigenvalue weighted by molar-refractivity contribution is 5.94. The zero-order valence-electron chi connectivity index (χ0n) is 30.6. The molecule has 1 aromatic rings. The topological polar surface area (TPSA) is 169 Å². The van der Waals surface area contributed by atoms with Crippen molar-refractivity contribution in [2.45, 2.75) is 117 Å². The molecule has 1 heterocycles. The number of nitrogens with one attached hydrogen (secondary N) is 3. The lowest BCUT2D eigenvalue weighted by Crippen LogP contribution is -2.57. The van der Waals surface area contributed by atoms with Gasteiger partial charge in [-0.3, -0.25) is 14.4 Å². The first-order valence-corrected chi connectivity index (χ1v) is 17.5. The van der Waals surface area contributed by atoms with E-state index in [1.165, 1.54) is 7.11 Å². The second-order valence-electron chi connectivity index (χ2n) is 14.5. The van der Waals surface area contributed by atoms with Crippen LogP contribution in [0.1, 0.15) is 86.1 Å². The van der Waals surface area contributed by atoms with E-state index in [-0.39, 0.29) is 23.8 Å². The first-order chi connectivity index (χ1) is 23.1. The standard InChI is InChI=1S/C37H59N5O7/c1-24(2)22-28(39-36(47)49-37(5,6)7)19-18-27(23-26-14-10-9-11-15-26)34(45)42-21-13-17-30(42)32(43)41-31(25(3)4)33(44)40-29(16-12-20-38)35(46)48-8/h9-11,14-15,18-19,24-25,27-31H,12-13,16-17,20-23,38H2,1-8H3,(H,39,47)(H,40,44)(H,41,43)/b19-18+/t27-,28-,29?,30?,31?/m1/s1. The Morgan fingerprint density at radius 2 is 1.67 bits per heavy atom. The minimum Gasteiger partial charge on any atom is -0.467 e. The summed E-state index contributed by atoms with van der Waals surface area (Å²) < 4.78 is 10.3. The van der Waals surface area contributed by atoms with Crippen molar-refractivity contribution in [1.29, 1.82) is 0 Å². The van der Waals surface area contributed by atoms with Crippen molar-refractivity contribution in [1.82, 2.24) is 20.9 Å². The minimum atomic E-state index is -0.939. The van der Waals surface area contributed by atoms with Gasteiger partial charge in [-0.05, 0) is 83.2 Å². The Labute approximate surface area is 292 Å². The van der Waals surface area contributed by atoms with Crippen molar-refractivity contribution in [3.05, 3.63) is 48.0 Å². The maximum Gasteiger partial charge on any atom is 0.408 e. The van der Waals surface area contributed by atoms with E-state index in [1.807, 2.05) is 42.5 Å². The number of carbonyl (C=O) groups is 5. The van der Waals surface area contributed by atoms with Gasteiger partial charge in [-0.25, -0.2) is 9.59 Å². The molecule has 1 aromatic carbocycles. The molecule has 0 radical (unpaired) electrons. The van der Waals surface area contributed by atoms with Gasteiger partial charge in [0.05, 0.1) is 19.1 Å². The third-order valence-electron chi connectivity index (χ3n) is 8.20. The molecule has 1 aliphatic rings. The summed E-state index contributed by atoms with van der Waals surface area (Å²) in [5, 5.41) is 8.50. The number of likely N-dealkylation sites (tertiary alicyclic amines) is 1. The lowest BCUT2D eigenvalue weighted by Gasteiger charge is -2.30. The molecule has 1 saturated heterocycles. The van der Waals surface area contributed by atoms with E-state index in [4.69, 9.17) is 15.2 Å². The number of hydrogen-bond acceptors (Lipinski definition) is 8. The van der Waals surface area contributed by atoms with E-state index < -0.39 is 53.5 Å². The first kappa shape index (κ1) is 41.2. The molecule has 49 heavy (non-hydrogen) atoms. The van der Waals surface area contributed by atoms with Crippen molar-refractivity contribution in [2.24, 2.45) is 23.5 Å². The zero-order chi connectivity index (χ0) is 36.7. The molecule has 12 nitrogen and oxygen atoms in total. The average molecular weight is 686 g/mol. The van der Waals surface area contributed by atoms with E-state index in [9.17, 15) is 24.0 Å². The number of esters is 1. The van der Waals surface area contributed by atoms with Crippen LogP contribution in [0.25, 0.3) is 0 Å². The first-order valence-electron chi connectivity index (χ1n) is 17.5. The van der Waals surface area contributed by atoms with Crippen LogP contribution >= 0.6 is 0 Å². The van der Waals surface area contributed by atoms with Gasteiger partial charge in [-0.2, -0.15) is 0 Å². The Morgan fingerprint density at radius 1 is 1.00 bits per heavy atom. The molecular formula is C37H59N5O7. The van der Waals surface area contributed by atoms with E-state index in [0.29, 0.717) is 51.6 Å². The molecule has 1 fully saturated rings. The highest BCUT2D eigenvalue weighted by Gasteiger charge is 2.39. The van der Waals surface area contributed by atoms with Crippen molar-refractivity contribution in [3.8, 4) is 0 Å². The van der Waals surface area contributed by atoms with Crippen LogP contribution in [0.5, 0.6) is 0 Å². The number of ether oxygens (including phenoxy) is 2. The van der Waals surface area contributed by atoms with Gasteiger partial charge in [-0.15, -0.1) is 0 Å². The highest BCUT2D eigenvalue weighted by Crippen LogP contribution is 2.24. The van der Waals surface area contributed by atoms with Gasteiger partial charge in [0.15, 0.2) is 0 Å². The molecule has 2 rings (SSSR count). The van der Waals surface area contributed by atoms with Gasteiger partial charge >= 0.3 is 12.1 Å². The molecular weight excluding hydrogens is 626 g/mol. The Morgan fingerprint density at radius 3 is 2.24 bits per heavy atom. The van der Waals surface area contributed by atoms with E-state index in [2.05, 4.69) is 29.8 Å². The van der Waals surface area contributed by atoms with Crippen molar-refractivity contribution >= 4 is 29.8 Å². The molecule has 274 valence electrons. The Bertz CT molecular complexity index is 1260. The number of alkyl carbamates (subject to hydrolysis) is 1. The number of amides is 4. The second-order valence-corrected chi connectivity index (χ2v) is 14.5. The van der Waals surface area contributed by atoms with Gasteiger partial charge in [-0.1, -0.05) is 70.2 Å². The number of carbonyl (C=O) groups excluding carboxylic acids is 5. The molecule has 5 N–H and O–H groups in total. The van der Waals surface area contributed by atoms with Crippen LogP contribution in [0.2, 0.25) is 0 Å². The molecule has 0 spiro atoms. The number of hydrogen-bond donors (Lipinski definition) is 4. The molecule has 0 saturated carbocycles. The van der Waals surface area contributed by atoms with Crippen LogP contribution < -0.4 is 21.7 Å². The van der Waals surface area contributed by atoms with Gasteiger partial charge in [0, 0.05) is 6.54 Å². The Kier molecular flexibility index (Phi) is 16.8. The van der Waals surface area contributed by atoms with Crippen LogP contribution in [0.4, 0.5) is 4.79 Å². The van der Waals surface area contributed by atoms with Crippen LogP contribution in [-0.4, -0.2) is 84.7 Å². The van der Waals surface area contributed by atoms with Crippen molar-refractivity contribution < 1.29 is 33.4 Å². The van der Waals surface area contributed by atoms with Crippen molar-refractivity contribution in [2.75, 3.05) is 20.2 Å². The zero-order valence-corrected chi connectivity index (χ0v) is 30.6. The number of rotatable bonds is 17. The maximum atomic E-state index is 14.3. The Hall–Kier alpha value is -3.93. The fourth-order valence-corrected chi connectivity index (χ4v) is 5.80. The quantitative estimate of drug-likeness (QED) is 0.142. The Balaban J connectivity index is 2.30. The van der Waals surface area contributed by atoms with E-state index in [1.54, 1.807) is 39.5 Å². The molecule has 4 amide bonds. The summed E-state index contributed by atoms with van der Waals surface area (Å²) in [5.74, 6) is -2.39. The lowest BCUT2D eigenvalue weighted by atomic mass is 9.94. The summed E-state index contributed by atoms with van der Waals surface area (Å²) >= 11 is 0. The highest BCUT2D eigenvalue weighted by atomic mass is 16.6. The second kappa shape index (κ2) is 19.9. The molecule has 1 aliphatic heterocycles. The summed E-state index contributed by atoms with van der Waals surface area (Å²) in [6, 6.07) is 6.67. The molecule has 0 aromatic heterocycles. The summed E-state index contributed by atoms with van der Waals surface area (Å²) in [4.78, 5) is 67.9. The van der Waals surface area contributed by atoms with Gasteiger partial charge in [0.25, 0.3) is 0 Å². The SMILES string of the molecule is COC(=O)C(CCCN)NC(=O)C(NC(=O)C1CCCN1C(=O)[C@H](/C=C/[C@H](CC(C)C)NC(=O)OC(C)(C)C)Cc1ccccc1)C(C)C. The molecule has 0 aliphatic carbocycles. The van der Waals surface area contributed by atoms with Gasteiger partial charge < -0.3 is 36.1 Å². The summed E-state index contributed by atoms with van der Waals surface area (Å²) in [5.41, 5.74) is 5.91. The predicted molar refractivity (Wildman–Crippen MR) is 189 cm³/mol. The van der Waals surface area contributed by atoms with Crippen LogP contribution in [0, 0.1) is 17.8 Å². The third-order valence-corrected chi connectivity index (χ3v) is 8.20. The van der Waals surface area contributed by atoms with Crippen LogP contribution in [0.15, 0.2) is 42.5 Å². The number of benzene rings is 1. The fourth-order valence-electron chi connectivity index (χ4n) is 5.80. The van der Waals surface area contributed by atoms with Gasteiger partial charge in [0.2, 0.25) is 17.7 Å². The summed E-state index contributed by atoms with van der Waals surface area (Å²) in [6.07, 6.45) is 6.06. The average Bonchev–Trinajstić information content (AvgIpc) is 3.52. The monoisotopic (exact) mass is 685 g/mol. The maximum absolute atomic E-state index is 14.3. The summed E-state index contributed by atoms with van der Waals surface area (Å²) in [6.45, 7) is 13.8. The number of nitrogens with zero attached hydrogens (tertiary/aromatic N) is 1. The number of nitrogens with two attached hydrogens (primary N) is 1. The normalized spacial score (nSPS) is 17.4. The summed E-state index contributed by atoms with van der Waals surface area (Å²) in [7, 11) is 1.25. The van der Waals surface area contributed by atoms with E-state index >= 15 is 0 Å². The number of methoxy groups -OCH3 is 1. The minimum absolute atomic E-state index is 0.212. The third kappa shape index (κ3) is 14.2. The molecule has 0 bridgehead atoms. The predicted octanol–water partition coefficient (Wildman–Crippen LogP) is 3.87. The van der Waals surface area contributed by atoms with Crippen LogP contribution in [-0.2, 0) is 35.1 Å². The molecule has 3 unspecified atom stereocenters. The largest absolute Gasteiger partial charge is 0.467 e. The molecule has 5 atom stereocenters.